The van der Waals surface area contributed by atoms with Crippen molar-refractivity contribution < 1.29 is 13.6 Å². The van der Waals surface area contributed by atoms with Gasteiger partial charge in [0.2, 0.25) is 0 Å². The molecule has 150 valence electrons. The molecule has 0 unspecified atom stereocenters. The van der Waals surface area contributed by atoms with Crippen molar-refractivity contribution in [3.63, 3.8) is 0 Å². The van der Waals surface area contributed by atoms with Gasteiger partial charge in [0.1, 0.15) is 17.8 Å². The first-order valence-electron chi connectivity index (χ1n) is 9.91. The smallest absolute Gasteiger partial charge is 0.270 e. The van der Waals surface area contributed by atoms with Gasteiger partial charge >= 0.3 is 0 Å². The molecule has 2 aliphatic rings. The van der Waals surface area contributed by atoms with Crippen molar-refractivity contribution in [3.05, 3.63) is 42.1 Å². The zero-order valence-corrected chi connectivity index (χ0v) is 15.7. The molecule has 8 heteroatoms. The van der Waals surface area contributed by atoms with Crippen LogP contribution in [0.25, 0.3) is 5.82 Å². The zero-order valence-electron chi connectivity index (χ0n) is 15.7. The van der Waals surface area contributed by atoms with Crippen molar-refractivity contribution in [2.75, 3.05) is 6.54 Å². The molecule has 2 aliphatic carbocycles. The van der Waals surface area contributed by atoms with E-state index >= 15 is 0 Å². The topological polar surface area (TPSA) is 71.8 Å². The van der Waals surface area contributed by atoms with Crippen LogP contribution in [0.4, 0.5) is 8.78 Å². The largest absolute Gasteiger partial charge is 0.348 e. The molecular formula is C20H25F2N5O. The molecule has 6 nitrogen and oxygen atoms in total. The fourth-order valence-electron chi connectivity index (χ4n) is 3.79. The molecule has 4 rings (SSSR count). The van der Waals surface area contributed by atoms with Crippen LogP contribution >= 0.6 is 0 Å². The van der Waals surface area contributed by atoms with Gasteiger partial charge in [-0.1, -0.05) is 0 Å². The lowest BCUT2D eigenvalue weighted by molar-refractivity contribution is 0.0917. The van der Waals surface area contributed by atoms with Gasteiger partial charge in [-0.3, -0.25) is 9.36 Å². The maximum absolute atomic E-state index is 12.8. The average molecular weight is 389 g/mol. The molecule has 2 aromatic rings. The Morgan fingerprint density at radius 2 is 1.89 bits per heavy atom. The van der Waals surface area contributed by atoms with Crippen molar-refractivity contribution in [1.82, 2.24) is 25.2 Å². The number of carbonyl (C=O) groups is 1. The van der Waals surface area contributed by atoms with Crippen molar-refractivity contribution in [2.24, 2.45) is 0 Å². The molecular weight excluding hydrogens is 364 g/mol. The molecule has 0 radical (unpaired) electrons. The summed E-state index contributed by atoms with van der Waals surface area (Å²) in [6.45, 7) is -0.267. The number of hydrogen-bond donors (Lipinski definition) is 2. The van der Waals surface area contributed by atoms with Crippen LogP contribution in [-0.2, 0) is 0 Å². The molecule has 0 aromatic carbocycles. The molecule has 0 atom stereocenters. The molecule has 0 saturated heterocycles. The van der Waals surface area contributed by atoms with Crippen LogP contribution in [0.3, 0.4) is 0 Å². The summed E-state index contributed by atoms with van der Waals surface area (Å²) in [6, 6.07) is 4.07. The van der Waals surface area contributed by atoms with Crippen molar-refractivity contribution in [2.45, 2.75) is 63.0 Å². The third-order valence-electron chi connectivity index (χ3n) is 5.51. The van der Waals surface area contributed by atoms with Gasteiger partial charge in [-0.2, -0.15) is 0 Å². The number of hydrogen-bond acceptors (Lipinski definition) is 4. The van der Waals surface area contributed by atoms with Gasteiger partial charge in [-0.25, -0.2) is 18.7 Å². The Morgan fingerprint density at radius 1 is 1.14 bits per heavy atom. The van der Waals surface area contributed by atoms with Crippen LogP contribution in [0, 0.1) is 0 Å². The molecule has 2 saturated carbocycles. The summed E-state index contributed by atoms with van der Waals surface area (Å²) in [5, 5.41) is 5.97. The summed E-state index contributed by atoms with van der Waals surface area (Å²) in [4.78, 5) is 21.4. The molecule has 2 fully saturated rings. The normalized spacial score (nSPS) is 22.4. The van der Waals surface area contributed by atoms with E-state index in [0.29, 0.717) is 17.4 Å². The van der Waals surface area contributed by atoms with E-state index in [9.17, 15) is 13.6 Å². The van der Waals surface area contributed by atoms with Crippen molar-refractivity contribution in [1.29, 1.82) is 0 Å². The Morgan fingerprint density at radius 3 is 2.54 bits per heavy atom. The first-order valence-corrected chi connectivity index (χ1v) is 9.91. The van der Waals surface area contributed by atoms with Crippen molar-refractivity contribution >= 4 is 5.91 Å². The standard InChI is InChI=1S/C20H25F2N5O/c21-18(22)11-24-15-3-5-16(6-4-15)25-20(28)17-9-14(13-1-2-13)10-19(26-17)27-8-7-23-12-27/h7-10,12-13,15-16,18,24H,1-6,11H2,(H,25,28). The second-order valence-electron chi connectivity index (χ2n) is 7.71. The number of imidazole rings is 1. The number of pyridine rings is 1. The number of aromatic nitrogens is 3. The van der Waals surface area contributed by atoms with Gasteiger partial charge in [-0.15, -0.1) is 0 Å². The second-order valence-corrected chi connectivity index (χ2v) is 7.71. The predicted octanol–water partition coefficient (Wildman–Crippen LogP) is 3.04. The Balaban J connectivity index is 1.40. The van der Waals surface area contributed by atoms with Crippen LogP contribution in [0.2, 0.25) is 0 Å². The first kappa shape index (κ1) is 19.0. The van der Waals surface area contributed by atoms with Crippen LogP contribution in [0.1, 0.15) is 60.5 Å². The van der Waals surface area contributed by atoms with E-state index in [2.05, 4.69) is 20.6 Å². The maximum atomic E-state index is 12.8. The quantitative estimate of drug-likeness (QED) is 0.764. The molecule has 0 spiro atoms. The summed E-state index contributed by atoms with van der Waals surface area (Å²) < 4.78 is 26.5. The summed E-state index contributed by atoms with van der Waals surface area (Å²) in [6.07, 6.45) is 8.27. The minimum Gasteiger partial charge on any atom is -0.348 e. The lowest BCUT2D eigenvalue weighted by atomic mass is 9.91. The van der Waals surface area contributed by atoms with E-state index in [4.69, 9.17) is 0 Å². The Bertz CT molecular complexity index is 799. The van der Waals surface area contributed by atoms with E-state index in [1.54, 1.807) is 12.5 Å². The van der Waals surface area contributed by atoms with Crippen LogP contribution in [-0.4, -0.2) is 45.5 Å². The second kappa shape index (κ2) is 8.34. The number of alkyl halides is 2. The lowest BCUT2D eigenvalue weighted by Crippen LogP contribution is -2.43. The maximum Gasteiger partial charge on any atom is 0.270 e. The number of nitrogens with one attached hydrogen (secondary N) is 2. The van der Waals surface area contributed by atoms with Crippen LogP contribution < -0.4 is 10.6 Å². The minimum absolute atomic E-state index is 0.0557. The van der Waals surface area contributed by atoms with Gasteiger partial charge in [0, 0.05) is 24.5 Å². The first-order chi connectivity index (χ1) is 13.6. The highest BCUT2D eigenvalue weighted by molar-refractivity contribution is 5.93. The number of nitrogens with zero attached hydrogens (tertiary/aromatic N) is 3. The molecule has 1 amide bonds. The fourth-order valence-corrected chi connectivity index (χ4v) is 3.79. The molecule has 2 N–H and O–H groups in total. The van der Waals surface area contributed by atoms with Gasteiger partial charge in [0.05, 0.1) is 6.54 Å². The summed E-state index contributed by atoms with van der Waals surface area (Å²) in [5.74, 6) is 1.04. The Hall–Kier alpha value is -2.35. The highest BCUT2D eigenvalue weighted by atomic mass is 19.3. The zero-order chi connectivity index (χ0) is 19.5. The van der Waals surface area contributed by atoms with Gasteiger partial charge in [0.25, 0.3) is 12.3 Å². The minimum atomic E-state index is -2.33. The molecule has 2 aromatic heterocycles. The van der Waals surface area contributed by atoms with Gasteiger partial charge < -0.3 is 10.6 Å². The van der Waals surface area contributed by atoms with Gasteiger partial charge in [-0.05, 0) is 62.1 Å². The highest BCUT2D eigenvalue weighted by Crippen LogP contribution is 2.40. The molecule has 28 heavy (non-hydrogen) atoms. The van der Waals surface area contributed by atoms with Crippen LogP contribution in [0.15, 0.2) is 30.9 Å². The fraction of sp³-hybridized carbons (Fsp3) is 0.550. The summed E-state index contributed by atoms with van der Waals surface area (Å²) >= 11 is 0. The third kappa shape index (κ3) is 4.73. The van der Waals surface area contributed by atoms with Crippen LogP contribution in [0.5, 0.6) is 0 Å². The van der Waals surface area contributed by atoms with Crippen molar-refractivity contribution in [3.8, 4) is 5.82 Å². The highest BCUT2D eigenvalue weighted by Gasteiger charge is 2.27. The third-order valence-corrected chi connectivity index (χ3v) is 5.51. The SMILES string of the molecule is O=C(NC1CCC(NCC(F)F)CC1)c1cc(C2CC2)cc(-n2ccnc2)n1. The Kier molecular flexibility index (Phi) is 5.66. The van der Waals surface area contributed by atoms with E-state index in [0.717, 1.165) is 44.1 Å². The van der Waals surface area contributed by atoms with E-state index in [1.165, 1.54) is 0 Å². The van der Waals surface area contributed by atoms with E-state index in [-0.39, 0.29) is 24.5 Å². The Labute approximate surface area is 162 Å². The molecule has 0 bridgehead atoms. The number of carbonyl (C=O) groups excluding carboxylic acids is 1. The van der Waals surface area contributed by atoms with E-state index in [1.807, 2.05) is 22.9 Å². The average Bonchev–Trinajstić information content (AvgIpc) is 3.41. The number of amides is 1. The summed E-state index contributed by atoms with van der Waals surface area (Å²) in [7, 11) is 0. The summed E-state index contributed by atoms with van der Waals surface area (Å²) in [5.41, 5.74) is 1.56. The molecule has 0 aliphatic heterocycles. The lowest BCUT2D eigenvalue weighted by Gasteiger charge is -2.29. The predicted molar refractivity (Wildman–Crippen MR) is 101 cm³/mol. The molecule has 2 heterocycles. The van der Waals surface area contributed by atoms with Gasteiger partial charge in [0.15, 0.2) is 0 Å². The monoisotopic (exact) mass is 389 g/mol. The van der Waals surface area contributed by atoms with E-state index < -0.39 is 6.43 Å². The number of rotatable bonds is 7. The number of halogens is 2.